The van der Waals surface area contributed by atoms with Gasteiger partial charge in [0.1, 0.15) is 0 Å². The minimum atomic E-state index is 0.147. The van der Waals surface area contributed by atoms with Crippen LogP contribution < -0.4 is 0 Å². The summed E-state index contributed by atoms with van der Waals surface area (Å²) in [6, 6.07) is 0. The van der Waals surface area contributed by atoms with E-state index in [4.69, 9.17) is 0 Å². The summed E-state index contributed by atoms with van der Waals surface area (Å²) in [4.78, 5) is 19.0. The van der Waals surface area contributed by atoms with Crippen molar-refractivity contribution < 1.29 is 4.79 Å². The van der Waals surface area contributed by atoms with Crippen LogP contribution in [0.2, 0.25) is 0 Å². The molecule has 4 nitrogen and oxygen atoms in total. The quantitative estimate of drug-likeness (QED) is 0.767. The molecular formula is C15H29N3O. The van der Waals surface area contributed by atoms with Gasteiger partial charge in [-0.25, -0.2) is 0 Å². The highest BCUT2D eigenvalue weighted by Gasteiger charge is 2.26. The Balaban J connectivity index is 1.70. The molecule has 0 aromatic rings. The summed E-state index contributed by atoms with van der Waals surface area (Å²) in [7, 11) is 2.20. The molecule has 2 aliphatic heterocycles. The van der Waals surface area contributed by atoms with Crippen molar-refractivity contribution >= 4 is 5.91 Å². The molecule has 2 fully saturated rings. The molecule has 0 aliphatic carbocycles. The van der Waals surface area contributed by atoms with E-state index in [1.807, 2.05) is 13.8 Å². The van der Waals surface area contributed by atoms with Crippen molar-refractivity contribution in [2.24, 2.45) is 11.8 Å². The number of piperazine rings is 1. The van der Waals surface area contributed by atoms with Gasteiger partial charge in [0.05, 0.1) is 0 Å². The Bertz CT molecular complexity index is 290. The molecule has 2 rings (SSSR count). The normalized spacial score (nSPS) is 24.1. The lowest BCUT2D eigenvalue weighted by molar-refractivity contribution is -0.135. The maximum absolute atomic E-state index is 11.9. The van der Waals surface area contributed by atoms with Crippen LogP contribution in [0, 0.1) is 11.8 Å². The fourth-order valence-corrected chi connectivity index (χ4v) is 3.10. The van der Waals surface area contributed by atoms with E-state index in [1.165, 1.54) is 45.6 Å². The maximum Gasteiger partial charge on any atom is 0.225 e. The van der Waals surface area contributed by atoms with Gasteiger partial charge < -0.3 is 14.7 Å². The van der Waals surface area contributed by atoms with Crippen molar-refractivity contribution in [3.63, 3.8) is 0 Å². The van der Waals surface area contributed by atoms with Gasteiger partial charge in [0.15, 0.2) is 0 Å². The molecule has 0 aromatic heterocycles. The third-order valence-electron chi connectivity index (χ3n) is 4.53. The van der Waals surface area contributed by atoms with Crippen molar-refractivity contribution in [3.05, 3.63) is 0 Å². The fourth-order valence-electron chi connectivity index (χ4n) is 3.10. The lowest BCUT2D eigenvalue weighted by Gasteiger charge is -2.38. The zero-order valence-corrected chi connectivity index (χ0v) is 12.8. The van der Waals surface area contributed by atoms with E-state index in [0.29, 0.717) is 5.91 Å². The second-order valence-electron chi connectivity index (χ2n) is 6.53. The Morgan fingerprint density at radius 2 is 1.63 bits per heavy atom. The van der Waals surface area contributed by atoms with Gasteiger partial charge in [0, 0.05) is 51.7 Å². The molecule has 0 spiro atoms. The summed E-state index contributed by atoms with van der Waals surface area (Å²) in [5, 5.41) is 0. The van der Waals surface area contributed by atoms with E-state index in [9.17, 15) is 4.79 Å². The third kappa shape index (κ3) is 4.18. The van der Waals surface area contributed by atoms with E-state index in [1.54, 1.807) is 0 Å². The number of rotatable bonds is 3. The minimum absolute atomic E-state index is 0.147. The molecular weight excluding hydrogens is 238 g/mol. The summed E-state index contributed by atoms with van der Waals surface area (Å²) < 4.78 is 0. The largest absolute Gasteiger partial charge is 0.342 e. The first-order chi connectivity index (χ1) is 9.06. The van der Waals surface area contributed by atoms with Crippen LogP contribution in [0.25, 0.3) is 0 Å². The van der Waals surface area contributed by atoms with Crippen molar-refractivity contribution in [1.29, 1.82) is 0 Å². The molecule has 0 radical (unpaired) electrons. The van der Waals surface area contributed by atoms with Crippen LogP contribution in [0.3, 0.4) is 0 Å². The molecule has 0 unspecified atom stereocenters. The highest BCUT2D eigenvalue weighted by Crippen LogP contribution is 2.20. The monoisotopic (exact) mass is 267 g/mol. The topological polar surface area (TPSA) is 26.8 Å². The van der Waals surface area contributed by atoms with E-state index in [-0.39, 0.29) is 5.92 Å². The molecule has 110 valence electrons. The van der Waals surface area contributed by atoms with Crippen LogP contribution in [0.5, 0.6) is 0 Å². The lowest BCUT2D eigenvalue weighted by Crippen LogP contribution is -2.48. The minimum Gasteiger partial charge on any atom is -0.342 e. The van der Waals surface area contributed by atoms with Gasteiger partial charge in [0.2, 0.25) is 5.91 Å². The molecule has 0 N–H and O–H groups in total. The molecule has 0 bridgehead atoms. The molecule has 2 aliphatic rings. The highest BCUT2D eigenvalue weighted by atomic mass is 16.2. The van der Waals surface area contributed by atoms with Crippen LogP contribution in [0.1, 0.15) is 26.7 Å². The summed E-state index contributed by atoms with van der Waals surface area (Å²) >= 11 is 0. The van der Waals surface area contributed by atoms with E-state index < -0.39 is 0 Å². The number of nitrogens with zero attached hydrogens (tertiary/aromatic N) is 3. The van der Waals surface area contributed by atoms with E-state index in [0.717, 1.165) is 19.0 Å². The van der Waals surface area contributed by atoms with Gasteiger partial charge in [-0.3, -0.25) is 4.79 Å². The number of piperidine rings is 1. The van der Waals surface area contributed by atoms with Crippen LogP contribution >= 0.6 is 0 Å². The van der Waals surface area contributed by atoms with Crippen molar-refractivity contribution in [2.75, 3.05) is 52.9 Å². The Labute approximate surface area is 117 Å². The molecule has 1 amide bonds. The number of hydrogen-bond acceptors (Lipinski definition) is 3. The van der Waals surface area contributed by atoms with Crippen LogP contribution in [-0.4, -0.2) is 73.5 Å². The van der Waals surface area contributed by atoms with Crippen LogP contribution in [-0.2, 0) is 4.79 Å². The van der Waals surface area contributed by atoms with E-state index in [2.05, 4.69) is 21.7 Å². The summed E-state index contributed by atoms with van der Waals surface area (Å²) in [5.74, 6) is 1.27. The Morgan fingerprint density at radius 1 is 1.05 bits per heavy atom. The molecule has 4 heteroatoms. The zero-order valence-electron chi connectivity index (χ0n) is 12.8. The summed E-state index contributed by atoms with van der Waals surface area (Å²) in [6.45, 7) is 12.0. The maximum atomic E-state index is 11.9. The Hall–Kier alpha value is -0.610. The number of amides is 1. The molecule has 0 aromatic carbocycles. The van der Waals surface area contributed by atoms with E-state index >= 15 is 0 Å². The predicted molar refractivity (Wildman–Crippen MR) is 78.1 cm³/mol. The first-order valence-corrected chi connectivity index (χ1v) is 7.76. The van der Waals surface area contributed by atoms with Gasteiger partial charge in [-0.1, -0.05) is 13.8 Å². The summed E-state index contributed by atoms with van der Waals surface area (Å²) in [6.07, 6.45) is 2.37. The second kappa shape index (κ2) is 6.71. The zero-order chi connectivity index (χ0) is 13.8. The average molecular weight is 267 g/mol. The number of likely N-dealkylation sites (N-methyl/N-ethyl adjacent to an activating group) is 1. The predicted octanol–water partition coefficient (Wildman–Crippen LogP) is 1.13. The Kier molecular flexibility index (Phi) is 5.22. The number of hydrogen-bond donors (Lipinski definition) is 0. The molecule has 2 saturated heterocycles. The Morgan fingerprint density at radius 3 is 2.16 bits per heavy atom. The van der Waals surface area contributed by atoms with Crippen molar-refractivity contribution in [1.82, 2.24) is 14.7 Å². The number of carbonyl (C=O) groups excluding carboxylic acids is 1. The SMILES string of the molecule is CC(C)C(=O)N1CCC(CN2CCN(C)CC2)CC1. The molecule has 0 atom stereocenters. The molecule has 0 saturated carbocycles. The standard InChI is InChI=1S/C15H29N3O/c1-13(2)15(19)18-6-4-14(5-7-18)12-17-10-8-16(3)9-11-17/h13-14H,4-12H2,1-3H3. The van der Waals surface area contributed by atoms with Crippen molar-refractivity contribution in [2.45, 2.75) is 26.7 Å². The second-order valence-corrected chi connectivity index (χ2v) is 6.53. The van der Waals surface area contributed by atoms with Crippen molar-refractivity contribution in [3.8, 4) is 0 Å². The van der Waals surface area contributed by atoms with Crippen LogP contribution in [0.4, 0.5) is 0 Å². The van der Waals surface area contributed by atoms with Gasteiger partial charge >= 0.3 is 0 Å². The molecule has 2 heterocycles. The highest BCUT2D eigenvalue weighted by molar-refractivity contribution is 5.78. The summed E-state index contributed by atoms with van der Waals surface area (Å²) in [5.41, 5.74) is 0. The smallest absolute Gasteiger partial charge is 0.225 e. The first kappa shape index (κ1) is 14.8. The van der Waals surface area contributed by atoms with Gasteiger partial charge in [-0.2, -0.15) is 0 Å². The van der Waals surface area contributed by atoms with Gasteiger partial charge in [-0.05, 0) is 25.8 Å². The molecule has 19 heavy (non-hydrogen) atoms. The number of likely N-dealkylation sites (tertiary alicyclic amines) is 1. The number of carbonyl (C=O) groups is 1. The van der Waals surface area contributed by atoms with Gasteiger partial charge in [-0.15, -0.1) is 0 Å². The van der Waals surface area contributed by atoms with Gasteiger partial charge in [0.25, 0.3) is 0 Å². The average Bonchev–Trinajstić information content (AvgIpc) is 2.41. The fraction of sp³-hybridized carbons (Fsp3) is 0.933. The van der Waals surface area contributed by atoms with Crippen LogP contribution in [0.15, 0.2) is 0 Å². The third-order valence-corrected chi connectivity index (χ3v) is 4.53. The lowest BCUT2D eigenvalue weighted by atomic mass is 9.95. The first-order valence-electron chi connectivity index (χ1n) is 7.76.